The fourth-order valence-corrected chi connectivity index (χ4v) is 1.79. The molecule has 2 amide bonds. The second-order valence-corrected chi connectivity index (χ2v) is 4.66. The molecule has 0 aliphatic carbocycles. The Morgan fingerprint density at radius 1 is 1.47 bits per heavy atom. The maximum Gasteiger partial charge on any atom is 0.326 e. The zero-order chi connectivity index (χ0) is 14.4. The van der Waals surface area contributed by atoms with Gasteiger partial charge in [-0.25, -0.2) is 9.59 Å². The zero-order valence-corrected chi connectivity index (χ0v) is 12.2. The van der Waals surface area contributed by atoms with Crippen LogP contribution in [0.3, 0.4) is 0 Å². The summed E-state index contributed by atoms with van der Waals surface area (Å²) < 4.78 is 5.87. The van der Waals surface area contributed by atoms with Crippen molar-refractivity contribution in [3.8, 4) is 5.75 Å². The highest BCUT2D eigenvalue weighted by Crippen LogP contribution is 2.27. The molecule has 0 aliphatic heterocycles. The number of carbonyl (C=O) groups excluding carboxylic acids is 1. The van der Waals surface area contributed by atoms with E-state index in [1.807, 2.05) is 0 Å². The summed E-state index contributed by atoms with van der Waals surface area (Å²) in [5, 5.41) is 13.8. The van der Waals surface area contributed by atoms with Gasteiger partial charge in [0.25, 0.3) is 0 Å². The molecule has 1 atom stereocenters. The zero-order valence-electron chi connectivity index (χ0n) is 10.6. The van der Waals surface area contributed by atoms with E-state index in [1.54, 1.807) is 25.1 Å². The van der Waals surface area contributed by atoms with Crippen molar-refractivity contribution in [1.29, 1.82) is 0 Å². The van der Waals surface area contributed by atoms with Gasteiger partial charge in [0.05, 0.1) is 12.8 Å². The van der Waals surface area contributed by atoms with Crippen LogP contribution in [0.5, 0.6) is 5.75 Å². The van der Waals surface area contributed by atoms with E-state index in [-0.39, 0.29) is 0 Å². The molecule has 1 rings (SSSR count). The molecule has 1 aromatic rings. The van der Waals surface area contributed by atoms with Gasteiger partial charge in [0.2, 0.25) is 0 Å². The van der Waals surface area contributed by atoms with E-state index in [0.29, 0.717) is 17.9 Å². The molecular weight excluding hydrogens is 316 g/mol. The van der Waals surface area contributed by atoms with E-state index in [2.05, 4.69) is 26.6 Å². The van der Waals surface area contributed by atoms with Crippen molar-refractivity contribution < 1.29 is 19.4 Å². The van der Waals surface area contributed by atoms with Gasteiger partial charge in [-0.2, -0.15) is 0 Å². The van der Waals surface area contributed by atoms with Crippen LogP contribution in [-0.4, -0.2) is 30.3 Å². The summed E-state index contributed by atoms with van der Waals surface area (Å²) in [4.78, 5) is 22.5. The summed E-state index contributed by atoms with van der Waals surface area (Å²) in [5.41, 5.74) is 0.453. The van der Waals surface area contributed by atoms with Crippen LogP contribution in [0.4, 0.5) is 10.5 Å². The van der Waals surface area contributed by atoms with Gasteiger partial charge in [-0.3, -0.25) is 0 Å². The van der Waals surface area contributed by atoms with Crippen molar-refractivity contribution in [3.63, 3.8) is 0 Å². The smallest absolute Gasteiger partial charge is 0.326 e. The Hall–Kier alpha value is -1.76. The SMILES string of the molecule is CC[C@H](NC(=O)Nc1cc(Br)ccc1OC)C(=O)O. The second kappa shape index (κ2) is 6.98. The Morgan fingerprint density at radius 2 is 2.16 bits per heavy atom. The van der Waals surface area contributed by atoms with Crippen LogP contribution in [0, 0.1) is 0 Å². The van der Waals surface area contributed by atoms with Crippen LogP contribution in [0.1, 0.15) is 13.3 Å². The molecule has 6 nitrogen and oxygen atoms in total. The monoisotopic (exact) mass is 330 g/mol. The summed E-state index contributed by atoms with van der Waals surface area (Å²) in [6.45, 7) is 1.68. The minimum absolute atomic E-state index is 0.304. The Labute approximate surface area is 119 Å². The molecule has 0 unspecified atom stereocenters. The maximum absolute atomic E-state index is 11.7. The highest BCUT2D eigenvalue weighted by atomic mass is 79.9. The number of aliphatic carboxylic acids is 1. The summed E-state index contributed by atoms with van der Waals surface area (Å²) in [6.07, 6.45) is 0.304. The van der Waals surface area contributed by atoms with Gasteiger partial charge in [0.1, 0.15) is 11.8 Å². The van der Waals surface area contributed by atoms with Gasteiger partial charge in [-0.05, 0) is 24.6 Å². The van der Waals surface area contributed by atoms with E-state index >= 15 is 0 Å². The number of methoxy groups -OCH3 is 1. The van der Waals surface area contributed by atoms with Crippen molar-refractivity contribution in [2.75, 3.05) is 12.4 Å². The molecule has 0 radical (unpaired) electrons. The summed E-state index contributed by atoms with van der Waals surface area (Å²) >= 11 is 3.28. The Balaban J connectivity index is 2.76. The fraction of sp³-hybridized carbons (Fsp3) is 0.333. The number of carboxylic acid groups (broad SMARTS) is 1. The molecule has 0 bridgehead atoms. The lowest BCUT2D eigenvalue weighted by Crippen LogP contribution is -2.42. The Kier molecular flexibility index (Phi) is 5.62. The number of halogens is 1. The Bertz CT molecular complexity index is 479. The first kappa shape index (κ1) is 15.3. The molecule has 0 aliphatic rings. The predicted molar refractivity (Wildman–Crippen MR) is 74.6 cm³/mol. The van der Waals surface area contributed by atoms with E-state index in [0.717, 1.165) is 4.47 Å². The topological polar surface area (TPSA) is 87.7 Å². The van der Waals surface area contributed by atoms with Crippen LogP contribution < -0.4 is 15.4 Å². The molecule has 0 heterocycles. The molecule has 0 saturated heterocycles. The van der Waals surface area contributed by atoms with Crippen LogP contribution in [0.15, 0.2) is 22.7 Å². The van der Waals surface area contributed by atoms with Crippen molar-refractivity contribution in [1.82, 2.24) is 5.32 Å². The van der Waals surface area contributed by atoms with Gasteiger partial charge in [0, 0.05) is 4.47 Å². The molecular formula is C12H15BrN2O4. The maximum atomic E-state index is 11.7. The third-order valence-electron chi connectivity index (χ3n) is 2.42. The molecule has 0 fully saturated rings. The van der Waals surface area contributed by atoms with Gasteiger partial charge in [-0.15, -0.1) is 0 Å². The largest absolute Gasteiger partial charge is 0.495 e. The van der Waals surface area contributed by atoms with Gasteiger partial charge >= 0.3 is 12.0 Å². The first-order valence-electron chi connectivity index (χ1n) is 5.61. The van der Waals surface area contributed by atoms with Gasteiger partial charge in [0.15, 0.2) is 0 Å². The minimum Gasteiger partial charge on any atom is -0.495 e. The number of hydrogen-bond donors (Lipinski definition) is 3. The van der Waals surface area contributed by atoms with Gasteiger partial charge < -0.3 is 20.5 Å². The van der Waals surface area contributed by atoms with Crippen molar-refractivity contribution in [3.05, 3.63) is 22.7 Å². The third kappa shape index (κ3) is 4.44. The molecule has 1 aromatic carbocycles. The molecule has 0 aromatic heterocycles. The lowest BCUT2D eigenvalue weighted by atomic mass is 10.2. The molecule has 0 spiro atoms. The molecule has 0 saturated carbocycles. The third-order valence-corrected chi connectivity index (χ3v) is 2.91. The number of carboxylic acids is 1. The quantitative estimate of drug-likeness (QED) is 0.773. The molecule has 104 valence electrons. The molecule has 7 heteroatoms. The number of rotatable bonds is 5. The van der Waals surface area contributed by atoms with E-state index in [9.17, 15) is 9.59 Å². The standard InChI is InChI=1S/C12H15BrN2O4/c1-3-8(11(16)17)14-12(18)15-9-6-7(13)4-5-10(9)19-2/h4-6,8H,3H2,1-2H3,(H,16,17)(H2,14,15,18)/t8-/m0/s1. The minimum atomic E-state index is -1.07. The number of anilines is 1. The molecule has 3 N–H and O–H groups in total. The van der Waals surface area contributed by atoms with Crippen molar-refractivity contribution in [2.45, 2.75) is 19.4 Å². The lowest BCUT2D eigenvalue weighted by Gasteiger charge is -2.15. The summed E-state index contributed by atoms with van der Waals surface area (Å²) in [5.74, 6) is -0.583. The number of hydrogen-bond acceptors (Lipinski definition) is 3. The average molecular weight is 331 g/mol. The molecule has 19 heavy (non-hydrogen) atoms. The first-order valence-corrected chi connectivity index (χ1v) is 6.41. The normalized spacial score (nSPS) is 11.5. The second-order valence-electron chi connectivity index (χ2n) is 3.74. The number of nitrogens with one attached hydrogen (secondary N) is 2. The van der Waals surface area contributed by atoms with E-state index < -0.39 is 18.0 Å². The summed E-state index contributed by atoms with van der Waals surface area (Å²) in [6, 6.07) is 3.62. The number of ether oxygens (including phenoxy) is 1. The highest BCUT2D eigenvalue weighted by molar-refractivity contribution is 9.10. The number of carbonyl (C=O) groups is 2. The van der Waals surface area contributed by atoms with Crippen LogP contribution in [-0.2, 0) is 4.79 Å². The average Bonchev–Trinajstić information content (AvgIpc) is 2.35. The lowest BCUT2D eigenvalue weighted by molar-refractivity contribution is -0.139. The van der Waals surface area contributed by atoms with Gasteiger partial charge in [-0.1, -0.05) is 22.9 Å². The Morgan fingerprint density at radius 3 is 2.68 bits per heavy atom. The summed E-state index contributed by atoms with van der Waals surface area (Å²) in [7, 11) is 1.48. The fourth-order valence-electron chi connectivity index (χ4n) is 1.43. The highest BCUT2D eigenvalue weighted by Gasteiger charge is 2.18. The number of amides is 2. The van der Waals surface area contributed by atoms with E-state index in [1.165, 1.54) is 7.11 Å². The predicted octanol–water partition coefficient (Wildman–Crippen LogP) is 2.44. The van der Waals surface area contributed by atoms with Crippen LogP contribution >= 0.6 is 15.9 Å². The van der Waals surface area contributed by atoms with Crippen LogP contribution in [0.25, 0.3) is 0 Å². The number of urea groups is 1. The van der Waals surface area contributed by atoms with Crippen LogP contribution in [0.2, 0.25) is 0 Å². The van der Waals surface area contributed by atoms with Crippen molar-refractivity contribution in [2.24, 2.45) is 0 Å². The first-order chi connectivity index (χ1) is 8.97. The van der Waals surface area contributed by atoms with Crippen molar-refractivity contribution >= 4 is 33.6 Å². The number of benzene rings is 1. The van der Waals surface area contributed by atoms with E-state index in [4.69, 9.17) is 9.84 Å².